The van der Waals surface area contributed by atoms with E-state index in [0.29, 0.717) is 15.9 Å². The molecule has 2 rings (SSSR count). The standard InChI is InChI=1S/C7H6N4OS/c1-11-6(12)4-5(10-7(11)13)9-3-2-8-4/h2-3H,1H3,(H,9,10,13). The van der Waals surface area contributed by atoms with Crippen molar-refractivity contribution in [3.8, 4) is 0 Å². The first-order valence-electron chi connectivity index (χ1n) is 3.60. The van der Waals surface area contributed by atoms with E-state index in [1.54, 1.807) is 7.05 Å². The Morgan fingerprint density at radius 2 is 2.15 bits per heavy atom. The number of nitrogens with zero attached hydrogens (tertiary/aromatic N) is 3. The van der Waals surface area contributed by atoms with Gasteiger partial charge in [0.05, 0.1) is 0 Å². The highest BCUT2D eigenvalue weighted by atomic mass is 32.1. The van der Waals surface area contributed by atoms with E-state index >= 15 is 0 Å². The van der Waals surface area contributed by atoms with E-state index < -0.39 is 0 Å². The molecule has 0 bridgehead atoms. The summed E-state index contributed by atoms with van der Waals surface area (Å²) >= 11 is 4.91. The monoisotopic (exact) mass is 194 g/mol. The Morgan fingerprint density at radius 1 is 1.46 bits per heavy atom. The molecule has 0 aliphatic carbocycles. The van der Waals surface area contributed by atoms with Crippen molar-refractivity contribution in [1.82, 2.24) is 19.5 Å². The number of H-pyrrole nitrogens is 1. The molecule has 0 amide bonds. The van der Waals surface area contributed by atoms with Gasteiger partial charge in [-0.05, 0) is 12.2 Å². The van der Waals surface area contributed by atoms with Crippen LogP contribution >= 0.6 is 12.2 Å². The quantitative estimate of drug-likeness (QED) is 0.616. The Labute approximate surface area is 78.1 Å². The van der Waals surface area contributed by atoms with Crippen molar-refractivity contribution < 1.29 is 0 Å². The Bertz CT molecular complexity index is 570. The summed E-state index contributed by atoms with van der Waals surface area (Å²) in [4.78, 5) is 22.2. The lowest BCUT2D eigenvalue weighted by atomic mass is 10.5. The van der Waals surface area contributed by atoms with Crippen LogP contribution in [-0.4, -0.2) is 19.5 Å². The van der Waals surface area contributed by atoms with E-state index in [1.807, 2.05) is 0 Å². The summed E-state index contributed by atoms with van der Waals surface area (Å²) in [6.07, 6.45) is 2.98. The number of rotatable bonds is 0. The van der Waals surface area contributed by atoms with Gasteiger partial charge in [0.25, 0.3) is 5.56 Å². The lowest BCUT2D eigenvalue weighted by molar-refractivity contribution is 0.816. The van der Waals surface area contributed by atoms with Gasteiger partial charge >= 0.3 is 0 Å². The lowest BCUT2D eigenvalue weighted by Gasteiger charge is -1.99. The van der Waals surface area contributed by atoms with Gasteiger partial charge < -0.3 is 4.98 Å². The largest absolute Gasteiger partial charge is 0.315 e. The molecule has 0 saturated heterocycles. The highest BCUT2D eigenvalue weighted by molar-refractivity contribution is 7.71. The zero-order chi connectivity index (χ0) is 9.42. The molecule has 0 aromatic carbocycles. The summed E-state index contributed by atoms with van der Waals surface area (Å²) in [6.45, 7) is 0. The second kappa shape index (κ2) is 2.74. The zero-order valence-electron chi connectivity index (χ0n) is 6.81. The zero-order valence-corrected chi connectivity index (χ0v) is 7.63. The molecule has 5 nitrogen and oxygen atoms in total. The van der Waals surface area contributed by atoms with E-state index in [0.717, 1.165) is 0 Å². The number of fused-ring (bicyclic) bond motifs is 1. The molecule has 2 heterocycles. The third-order valence-electron chi connectivity index (χ3n) is 1.74. The maximum absolute atomic E-state index is 11.5. The third-order valence-corrected chi connectivity index (χ3v) is 2.11. The van der Waals surface area contributed by atoms with Crippen LogP contribution in [0.1, 0.15) is 0 Å². The Balaban J connectivity index is 3.12. The van der Waals surface area contributed by atoms with E-state index in [-0.39, 0.29) is 5.56 Å². The average molecular weight is 194 g/mol. The van der Waals surface area contributed by atoms with Gasteiger partial charge in [-0.2, -0.15) is 0 Å². The third kappa shape index (κ3) is 1.15. The maximum Gasteiger partial charge on any atom is 0.282 e. The molecule has 6 heteroatoms. The second-order valence-electron chi connectivity index (χ2n) is 2.55. The van der Waals surface area contributed by atoms with E-state index in [2.05, 4.69) is 15.0 Å². The number of hydrogen-bond acceptors (Lipinski definition) is 4. The van der Waals surface area contributed by atoms with Gasteiger partial charge in [0, 0.05) is 19.4 Å². The van der Waals surface area contributed by atoms with Crippen LogP contribution in [0.4, 0.5) is 0 Å². The van der Waals surface area contributed by atoms with E-state index in [4.69, 9.17) is 12.2 Å². The number of aromatic nitrogens is 4. The van der Waals surface area contributed by atoms with Crippen LogP contribution < -0.4 is 5.56 Å². The predicted octanol–water partition coefficient (Wildman–Crippen LogP) is 0.386. The fraction of sp³-hybridized carbons (Fsp3) is 0.143. The van der Waals surface area contributed by atoms with Crippen LogP contribution in [-0.2, 0) is 7.05 Å². The molecule has 13 heavy (non-hydrogen) atoms. The summed E-state index contributed by atoms with van der Waals surface area (Å²) in [7, 11) is 1.59. The van der Waals surface area contributed by atoms with Gasteiger partial charge in [-0.15, -0.1) is 0 Å². The molecule has 0 unspecified atom stereocenters. The molecule has 0 aliphatic heterocycles. The van der Waals surface area contributed by atoms with Crippen molar-refractivity contribution >= 4 is 23.4 Å². The SMILES string of the molecule is Cn1c(=S)[nH]c2nccnc2c1=O. The van der Waals surface area contributed by atoms with Crippen molar-refractivity contribution in [2.24, 2.45) is 7.05 Å². The molecule has 1 N–H and O–H groups in total. The predicted molar refractivity (Wildman–Crippen MR) is 50.0 cm³/mol. The molecule has 0 atom stereocenters. The van der Waals surface area contributed by atoms with Crippen LogP contribution in [0.5, 0.6) is 0 Å². The summed E-state index contributed by atoms with van der Waals surface area (Å²) in [5.74, 6) is 0. The van der Waals surface area contributed by atoms with Gasteiger partial charge in [-0.3, -0.25) is 9.36 Å². The Kier molecular flexibility index (Phi) is 1.70. The normalized spacial score (nSPS) is 10.5. The molecule has 0 spiro atoms. The minimum Gasteiger partial charge on any atom is -0.315 e. The highest BCUT2D eigenvalue weighted by Gasteiger charge is 2.02. The van der Waals surface area contributed by atoms with Crippen molar-refractivity contribution in [2.45, 2.75) is 0 Å². The molecule has 2 aromatic heterocycles. The van der Waals surface area contributed by atoms with Crippen molar-refractivity contribution in [3.05, 3.63) is 27.5 Å². The Morgan fingerprint density at radius 3 is 2.92 bits per heavy atom. The molecule has 66 valence electrons. The van der Waals surface area contributed by atoms with Crippen LogP contribution in [0.15, 0.2) is 17.2 Å². The van der Waals surface area contributed by atoms with Crippen molar-refractivity contribution in [2.75, 3.05) is 0 Å². The fourth-order valence-corrected chi connectivity index (χ4v) is 1.20. The molecule has 0 radical (unpaired) electrons. The van der Waals surface area contributed by atoms with Crippen LogP contribution in [0.2, 0.25) is 0 Å². The first-order valence-corrected chi connectivity index (χ1v) is 4.01. The number of nitrogens with one attached hydrogen (secondary N) is 1. The minimum absolute atomic E-state index is 0.230. The molecular formula is C7H6N4OS. The van der Waals surface area contributed by atoms with Gasteiger partial charge in [-0.25, -0.2) is 9.97 Å². The summed E-state index contributed by atoms with van der Waals surface area (Å²) < 4.78 is 1.67. The topological polar surface area (TPSA) is 63.6 Å². The number of hydrogen-bond donors (Lipinski definition) is 1. The highest BCUT2D eigenvalue weighted by Crippen LogP contribution is 1.96. The minimum atomic E-state index is -0.230. The van der Waals surface area contributed by atoms with E-state index in [9.17, 15) is 4.79 Å². The molecule has 2 aromatic rings. The van der Waals surface area contributed by atoms with Crippen molar-refractivity contribution in [1.29, 1.82) is 0 Å². The van der Waals surface area contributed by atoms with Crippen LogP contribution in [0, 0.1) is 4.77 Å². The summed E-state index contributed by atoms with van der Waals surface area (Å²) in [5, 5.41) is 0. The smallest absolute Gasteiger partial charge is 0.282 e. The maximum atomic E-state index is 11.5. The molecule has 0 fully saturated rings. The molecular weight excluding hydrogens is 188 g/mol. The van der Waals surface area contributed by atoms with Gasteiger partial charge in [-0.1, -0.05) is 0 Å². The summed E-state index contributed by atoms with van der Waals surface area (Å²) in [5.41, 5.74) is 0.501. The van der Waals surface area contributed by atoms with E-state index in [1.165, 1.54) is 17.0 Å². The lowest BCUT2D eigenvalue weighted by Crippen LogP contribution is -2.19. The molecule has 0 saturated carbocycles. The first-order chi connectivity index (χ1) is 6.20. The van der Waals surface area contributed by atoms with Crippen molar-refractivity contribution in [3.63, 3.8) is 0 Å². The fourth-order valence-electron chi connectivity index (χ4n) is 1.02. The second-order valence-corrected chi connectivity index (χ2v) is 2.93. The number of aromatic amines is 1. The van der Waals surface area contributed by atoms with Crippen LogP contribution in [0.3, 0.4) is 0 Å². The van der Waals surface area contributed by atoms with Gasteiger partial charge in [0.2, 0.25) is 0 Å². The molecule has 0 aliphatic rings. The Hall–Kier alpha value is -1.56. The van der Waals surface area contributed by atoms with Gasteiger partial charge in [0.1, 0.15) is 0 Å². The summed E-state index contributed by atoms with van der Waals surface area (Å²) in [6, 6.07) is 0. The average Bonchev–Trinajstić information content (AvgIpc) is 2.15. The first kappa shape index (κ1) is 8.06. The van der Waals surface area contributed by atoms with Crippen LogP contribution in [0.25, 0.3) is 11.2 Å². The van der Waals surface area contributed by atoms with Gasteiger partial charge in [0.15, 0.2) is 15.9 Å².